The molecule has 0 aromatic rings. The van der Waals surface area contributed by atoms with Crippen molar-refractivity contribution >= 4 is 13.8 Å². The van der Waals surface area contributed by atoms with Gasteiger partial charge in [0.1, 0.15) is 6.10 Å². The molecule has 342 valence electrons. The molecule has 0 aliphatic rings. The first kappa shape index (κ1) is 57.2. The fraction of sp³-hybridized carbons (Fsp3) is 0.627. The average molecular weight is 856 g/mol. The van der Waals surface area contributed by atoms with E-state index in [1.807, 2.05) is 0 Å². The molecule has 0 aromatic carbocycles. The van der Waals surface area contributed by atoms with Crippen molar-refractivity contribution < 1.29 is 32.8 Å². The summed E-state index contributed by atoms with van der Waals surface area (Å²) in [6.45, 7) is 4.60. The number of carbonyl (C=O) groups is 1. The summed E-state index contributed by atoms with van der Waals surface area (Å²) in [5.74, 6) is -0.377. The topological polar surface area (TPSA) is 117 Å². The molecule has 9 heteroatoms. The fourth-order valence-corrected chi connectivity index (χ4v) is 6.60. The summed E-state index contributed by atoms with van der Waals surface area (Å²) < 4.78 is 33.4. The third-order valence-corrected chi connectivity index (χ3v) is 10.2. The average Bonchev–Trinajstić information content (AvgIpc) is 3.24. The van der Waals surface area contributed by atoms with Gasteiger partial charge in [0.25, 0.3) is 0 Å². The molecule has 0 aliphatic carbocycles. The quantitative estimate of drug-likeness (QED) is 0.0269. The molecule has 0 radical (unpaired) electrons. The molecular weight excluding hydrogens is 770 g/mol. The molecule has 2 atom stereocenters. The number of hydrogen-bond acceptors (Lipinski definition) is 7. The summed E-state index contributed by atoms with van der Waals surface area (Å²) in [4.78, 5) is 22.5. The molecule has 0 amide bonds. The van der Waals surface area contributed by atoms with E-state index in [-0.39, 0.29) is 38.8 Å². The fourth-order valence-electron chi connectivity index (χ4n) is 5.84. The van der Waals surface area contributed by atoms with Crippen LogP contribution in [0.2, 0.25) is 0 Å². The minimum Gasteiger partial charge on any atom is -0.457 e. The molecule has 0 heterocycles. The number of rotatable bonds is 43. The first-order valence-corrected chi connectivity index (χ1v) is 24.9. The Morgan fingerprint density at radius 2 is 0.883 bits per heavy atom. The zero-order valence-corrected chi connectivity index (χ0v) is 38.8. The Balaban J connectivity index is 4.03. The zero-order chi connectivity index (χ0) is 43.7. The molecule has 0 fully saturated rings. The van der Waals surface area contributed by atoms with E-state index in [0.29, 0.717) is 13.0 Å². The number of esters is 1. The summed E-state index contributed by atoms with van der Waals surface area (Å²) >= 11 is 0. The molecular formula is C51H86NO7P. The first-order chi connectivity index (χ1) is 29.4. The van der Waals surface area contributed by atoms with Crippen molar-refractivity contribution in [3.63, 3.8) is 0 Å². The van der Waals surface area contributed by atoms with Crippen LogP contribution in [-0.2, 0) is 27.9 Å². The number of nitrogens with two attached hydrogens (primary N) is 1. The summed E-state index contributed by atoms with van der Waals surface area (Å²) in [6.07, 6.45) is 64.1. The number of phosphoric ester groups is 1. The van der Waals surface area contributed by atoms with Gasteiger partial charge in [0.05, 0.1) is 19.8 Å². The van der Waals surface area contributed by atoms with E-state index in [9.17, 15) is 14.3 Å². The van der Waals surface area contributed by atoms with Crippen molar-refractivity contribution in [1.29, 1.82) is 0 Å². The minimum absolute atomic E-state index is 0.0866. The molecule has 0 spiro atoms. The van der Waals surface area contributed by atoms with Gasteiger partial charge < -0.3 is 20.1 Å². The van der Waals surface area contributed by atoms with Crippen LogP contribution in [0.25, 0.3) is 0 Å². The van der Waals surface area contributed by atoms with Crippen LogP contribution in [0.1, 0.15) is 168 Å². The maximum Gasteiger partial charge on any atom is 0.472 e. The lowest BCUT2D eigenvalue weighted by atomic mass is 10.1. The first-order valence-electron chi connectivity index (χ1n) is 23.4. The Morgan fingerprint density at radius 3 is 1.32 bits per heavy atom. The van der Waals surface area contributed by atoms with Crippen LogP contribution in [0.5, 0.6) is 0 Å². The van der Waals surface area contributed by atoms with Gasteiger partial charge in [-0.25, -0.2) is 4.57 Å². The van der Waals surface area contributed by atoms with Gasteiger partial charge in [-0.1, -0.05) is 175 Å². The van der Waals surface area contributed by atoms with Gasteiger partial charge in [-0.15, -0.1) is 0 Å². The second-order valence-electron chi connectivity index (χ2n) is 14.9. The number of unbranched alkanes of at least 4 members (excludes halogenated alkanes) is 12. The van der Waals surface area contributed by atoms with Gasteiger partial charge in [-0.3, -0.25) is 13.8 Å². The van der Waals surface area contributed by atoms with Gasteiger partial charge in [0.2, 0.25) is 0 Å². The summed E-state index contributed by atoms with van der Waals surface area (Å²) in [6, 6.07) is 0. The standard InChI is InChI=1S/C51H86NO7P/c1-3-5-7-9-11-13-15-17-19-20-21-22-23-24-25-26-27-28-29-31-33-35-37-39-41-43-46-56-48-50(49-58-60(54,55)57-47-45-52)59-51(53)44-42-40-38-36-34-32-30-18-16-14-12-10-8-6-4-2/h5-8,11-14,17-19,21-22,24-25,30,34,36,50H,3-4,9-10,15-16,20,23,26-29,31-33,35,37-49,52H2,1-2H3,(H,54,55)/b7-5-,8-6-,13-11-,14-12-,19-17-,22-21-,25-24-,30-18-,36-34-. The van der Waals surface area contributed by atoms with E-state index in [1.165, 1.54) is 57.8 Å². The summed E-state index contributed by atoms with van der Waals surface area (Å²) in [5.41, 5.74) is 5.37. The maximum absolute atomic E-state index is 12.6. The normalized spacial score (nSPS) is 14.4. The van der Waals surface area contributed by atoms with E-state index in [2.05, 4.69) is 123 Å². The van der Waals surface area contributed by atoms with E-state index in [1.54, 1.807) is 0 Å². The highest BCUT2D eigenvalue weighted by Crippen LogP contribution is 2.43. The Bertz CT molecular complexity index is 1280. The van der Waals surface area contributed by atoms with Crippen LogP contribution in [-0.4, -0.2) is 49.9 Å². The third kappa shape index (κ3) is 46.2. The molecule has 0 bridgehead atoms. The molecule has 60 heavy (non-hydrogen) atoms. The number of hydrogen-bond donors (Lipinski definition) is 2. The van der Waals surface area contributed by atoms with Crippen LogP contribution in [0, 0.1) is 0 Å². The Labute approximate surface area is 367 Å². The Kier molecular flexibility index (Phi) is 45.0. The van der Waals surface area contributed by atoms with Gasteiger partial charge in [0, 0.05) is 19.6 Å². The lowest BCUT2D eigenvalue weighted by molar-refractivity contribution is -0.154. The van der Waals surface area contributed by atoms with E-state index in [4.69, 9.17) is 24.3 Å². The van der Waals surface area contributed by atoms with Crippen molar-refractivity contribution in [2.45, 2.75) is 174 Å². The van der Waals surface area contributed by atoms with Crippen molar-refractivity contribution in [1.82, 2.24) is 0 Å². The second-order valence-corrected chi connectivity index (χ2v) is 16.3. The maximum atomic E-state index is 12.6. The predicted octanol–water partition coefficient (Wildman–Crippen LogP) is 14.4. The van der Waals surface area contributed by atoms with Crippen LogP contribution < -0.4 is 5.73 Å². The Hall–Kier alpha value is -2.84. The molecule has 8 nitrogen and oxygen atoms in total. The van der Waals surface area contributed by atoms with Gasteiger partial charge in [-0.05, 0) is 96.3 Å². The van der Waals surface area contributed by atoms with Gasteiger partial charge in [0.15, 0.2) is 0 Å². The number of ether oxygens (including phenoxy) is 2. The second kappa shape index (κ2) is 47.2. The third-order valence-electron chi connectivity index (χ3n) is 9.19. The van der Waals surface area contributed by atoms with Crippen molar-refractivity contribution in [2.24, 2.45) is 5.73 Å². The SMILES string of the molecule is CC/C=C\C/C=C\C/C=C\C/C=C\C/C=C\CCCCCCCCCCCCOCC(COP(=O)(O)OCCN)OC(=O)CCCC/C=C\C/C=C\C/C=C\C/C=C\CC. The summed E-state index contributed by atoms with van der Waals surface area (Å²) in [5, 5.41) is 0. The van der Waals surface area contributed by atoms with E-state index in [0.717, 1.165) is 83.5 Å². The van der Waals surface area contributed by atoms with E-state index < -0.39 is 13.9 Å². The van der Waals surface area contributed by atoms with Gasteiger partial charge in [-0.2, -0.15) is 0 Å². The lowest BCUT2D eigenvalue weighted by Crippen LogP contribution is -2.28. The lowest BCUT2D eigenvalue weighted by Gasteiger charge is -2.20. The predicted molar refractivity (Wildman–Crippen MR) is 256 cm³/mol. The largest absolute Gasteiger partial charge is 0.472 e. The monoisotopic (exact) mass is 856 g/mol. The Morgan fingerprint density at radius 1 is 0.500 bits per heavy atom. The van der Waals surface area contributed by atoms with Crippen LogP contribution in [0.4, 0.5) is 0 Å². The smallest absolute Gasteiger partial charge is 0.457 e. The molecule has 0 saturated heterocycles. The highest BCUT2D eigenvalue weighted by molar-refractivity contribution is 7.47. The van der Waals surface area contributed by atoms with Crippen LogP contribution >= 0.6 is 7.82 Å². The zero-order valence-electron chi connectivity index (χ0n) is 37.9. The van der Waals surface area contributed by atoms with Crippen LogP contribution in [0.3, 0.4) is 0 Å². The molecule has 0 rings (SSSR count). The van der Waals surface area contributed by atoms with Crippen molar-refractivity contribution in [3.8, 4) is 0 Å². The molecule has 0 saturated carbocycles. The van der Waals surface area contributed by atoms with Crippen molar-refractivity contribution in [3.05, 3.63) is 109 Å². The summed E-state index contributed by atoms with van der Waals surface area (Å²) in [7, 11) is -4.30. The van der Waals surface area contributed by atoms with Gasteiger partial charge >= 0.3 is 13.8 Å². The number of carbonyl (C=O) groups excluding carboxylic acids is 1. The highest BCUT2D eigenvalue weighted by atomic mass is 31.2. The molecule has 0 aromatic heterocycles. The van der Waals surface area contributed by atoms with Crippen molar-refractivity contribution in [2.75, 3.05) is 33.0 Å². The number of allylic oxidation sites excluding steroid dienone is 18. The molecule has 0 aliphatic heterocycles. The number of phosphoric acid groups is 1. The highest BCUT2D eigenvalue weighted by Gasteiger charge is 2.25. The van der Waals surface area contributed by atoms with Crippen LogP contribution in [0.15, 0.2) is 109 Å². The minimum atomic E-state index is -4.30. The molecule has 2 unspecified atom stereocenters. The molecule has 3 N–H and O–H groups in total. The van der Waals surface area contributed by atoms with E-state index >= 15 is 0 Å².